The van der Waals surface area contributed by atoms with Gasteiger partial charge in [-0.3, -0.25) is 4.98 Å². The standard InChI is InChI=1S/C15H8ClFN2O2/c16-9-4-5-10(17)14-13(9)8(15(20)21)7-12(19-14)11-3-1-2-6-18-11/h1-7H,(H,20,21). The van der Waals surface area contributed by atoms with Gasteiger partial charge in [0.15, 0.2) is 0 Å². The number of fused-ring (bicyclic) bond motifs is 1. The lowest BCUT2D eigenvalue weighted by Crippen LogP contribution is -2.02. The van der Waals surface area contributed by atoms with Gasteiger partial charge in [-0.25, -0.2) is 14.2 Å². The van der Waals surface area contributed by atoms with Crippen LogP contribution >= 0.6 is 11.6 Å². The first-order valence-corrected chi connectivity index (χ1v) is 6.39. The van der Waals surface area contributed by atoms with Crippen molar-refractivity contribution in [2.45, 2.75) is 0 Å². The summed E-state index contributed by atoms with van der Waals surface area (Å²) < 4.78 is 14.0. The molecule has 2 aromatic heterocycles. The molecule has 0 saturated heterocycles. The molecule has 0 aliphatic rings. The summed E-state index contributed by atoms with van der Waals surface area (Å²) in [4.78, 5) is 19.7. The molecule has 6 heteroatoms. The highest BCUT2D eigenvalue weighted by molar-refractivity contribution is 6.36. The number of benzene rings is 1. The highest BCUT2D eigenvalue weighted by atomic mass is 35.5. The van der Waals surface area contributed by atoms with Crippen molar-refractivity contribution >= 4 is 28.5 Å². The van der Waals surface area contributed by atoms with E-state index in [0.717, 1.165) is 6.07 Å². The second kappa shape index (κ2) is 5.10. The molecule has 0 radical (unpaired) electrons. The largest absolute Gasteiger partial charge is 0.478 e. The van der Waals surface area contributed by atoms with E-state index in [4.69, 9.17) is 11.6 Å². The smallest absolute Gasteiger partial charge is 0.336 e. The second-order valence-corrected chi connectivity index (χ2v) is 4.74. The van der Waals surface area contributed by atoms with Crippen LogP contribution in [0.15, 0.2) is 42.6 Å². The van der Waals surface area contributed by atoms with Crippen LogP contribution in [0.2, 0.25) is 5.02 Å². The topological polar surface area (TPSA) is 63.1 Å². The lowest BCUT2D eigenvalue weighted by molar-refractivity contribution is 0.0699. The van der Waals surface area contributed by atoms with Crippen LogP contribution in [0.25, 0.3) is 22.3 Å². The zero-order valence-electron chi connectivity index (χ0n) is 10.5. The molecule has 0 aliphatic carbocycles. The molecule has 0 atom stereocenters. The first-order chi connectivity index (χ1) is 10.1. The minimum Gasteiger partial charge on any atom is -0.478 e. The highest BCUT2D eigenvalue weighted by Gasteiger charge is 2.18. The Kier molecular flexibility index (Phi) is 3.27. The summed E-state index contributed by atoms with van der Waals surface area (Å²) in [5, 5.41) is 9.57. The molecule has 0 unspecified atom stereocenters. The maximum absolute atomic E-state index is 14.0. The fraction of sp³-hybridized carbons (Fsp3) is 0. The molecule has 1 aromatic carbocycles. The zero-order chi connectivity index (χ0) is 15.0. The van der Waals surface area contributed by atoms with Crippen LogP contribution in [-0.4, -0.2) is 21.0 Å². The van der Waals surface area contributed by atoms with E-state index in [9.17, 15) is 14.3 Å². The van der Waals surface area contributed by atoms with Crippen molar-refractivity contribution in [2.24, 2.45) is 0 Å². The number of carboxylic acid groups (broad SMARTS) is 1. The maximum atomic E-state index is 14.0. The average Bonchev–Trinajstić information content (AvgIpc) is 2.51. The molecular formula is C15H8ClFN2O2. The lowest BCUT2D eigenvalue weighted by atomic mass is 10.1. The molecule has 0 bridgehead atoms. The van der Waals surface area contributed by atoms with E-state index in [1.54, 1.807) is 24.4 Å². The van der Waals surface area contributed by atoms with Gasteiger partial charge in [-0.15, -0.1) is 0 Å². The van der Waals surface area contributed by atoms with Crippen LogP contribution in [0.1, 0.15) is 10.4 Å². The van der Waals surface area contributed by atoms with Crippen molar-refractivity contribution in [3.05, 3.63) is 59.0 Å². The second-order valence-electron chi connectivity index (χ2n) is 4.33. The fourth-order valence-electron chi connectivity index (χ4n) is 2.08. The predicted molar refractivity (Wildman–Crippen MR) is 76.9 cm³/mol. The fourth-order valence-corrected chi connectivity index (χ4v) is 2.34. The van der Waals surface area contributed by atoms with E-state index in [2.05, 4.69) is 9.97 Å². The molecular weight excluding hydrogens is 295 g/mol. The third kappa shape index (κ3) is 2.32. The van der Waals surface area contributed by atoms with Crippen LogP contribution in [0.4, 0.5) is 4.39 Å². The number of hydrogen-bond donors (Lipinski definition) is 1. The molecule has 0 saturated carbocycles. The van der Waals surface area contributed by atoms with E-state index < -0.39 is 11.8 Å². The molecule has 2 heterocycles. The number of pyridine rings is 2. The monoisotopic (exact) mass is 302 g/mol. The lowest BCUT2D eigenvalue weighted by Gasteiger charge is -2.08. The number of aromatic carboxylic acids is 1. The van der Waals surface area contributed by atoms with Gasteiger partial charge >= 0.3 is 5.97 Å². The van der Waals surface area contributed by atoms with Gasteiger partial charge in [-0.1, -0.05) is 17.7 Å². The molecule has 0 fully saturated rings. The number of carbonyl (C=O) groups is 1. The van der Waals surface area contributed by atoms with Crippen molar-refractivity contribution in [2.75, 3.05) is 0 Å². The van der Waals surface area contributed by atoms with Gasteiger partial charge in [-0.2, -0.15) is 0 Å². The molecule has 3 rings (SSSR count). The van der Waals surface area contributed by atoms with Gasteiger partial charge in [-0.05, 0) is 30.3 Å². The van der Waals surface area contributed by atoms with Crippen LogP contribution < -0.4 is 0 Å². The molecule has 3 aromatic rings. The number of rotatable bonds is 2. The van der Waals surface area contributed by atoms with E-state index >= 15 is 0 Å². The van der Waals surface area contributed by atoms with Crippen molar-refractivity contribution < 1.29 is 14.3 Å². The van der Waals surface area contributed by atoms with Gasteiger partial charge in [0.1, 0.15) is 11.3 Å². The molecule has 1 N–H and O–H groups in total. The van der Waals surface area contributed by atoms with Crippen LogP contribution in [-0.2, 0) is 0 Å². The number of halogens is 2. The Bertz CT molecular complexity index is 853. The Hall–Kier alpha value is -2.53. The average molecular weight is 303 g/mol. The van der Waals surface area contributed by atoms with Crippen LogP contribution in [0, 0.1) is 5.82 Å². The third-order valence-corrected chi connectivity index (χ3v) is 3.33. The van der Waals surface area contributed by atoms with Crippen molar-refractivity contribution in [1.82, 2.24) is 9.97 Å². The van der Waals surface area contributed by atoms with Gasteiger partial charge in [0.25, 0.3) is 0 Å². The molecule has 4 nitrogen and oxygen atoms in total. The highest BCUT2D eigenvalue weighted by Crippen LogP contribution is 2.30. The number of carboxylic acids is 1. The summed E-state index contributed by atoms with van der Waals surface area (Å²) in [7, 11) is 0. The maximum Gasteiger partial charge on any atom is 0.336 e. The number of nitrogens with zero attached hydrogens (tertiary/aromatic N) is 2. The van der Waals surface area contributed by atoms with E-state index in [1.165, 1.54) is 12.1 Å². The van der Waals surface area contributed by atoms with Gasteiger partial charge in [0.2, 0.25) is 0 Å². The Morgan fingerprint density at radius 1 is 1.19 bits per heavy atom. The quantitative estimate of drug-likeness (QED) is 0.782. The summed E-state index contributed by atoms with van der Waals surface area (Å²) in [6, 6.07) is 8.95. The van der Waals surface area contributed by atoms with Crippen molar-refractivity contribution in [3.8, 4) is 11.4 Å². The SMILES string of the molecule is O=C(O)c1cc(-c2ccccn2)nc2c(F)ccc(Cl)c12. The summed E-state index contributed by atoms with van der Waals surface area (Å²) >= 11 is 5.99. The Morgan fingerprint density at radius 2 is 2.00 bits per heavy atom. The van der Waals surface area contributed by atoms with E-state index in [-0.39, 0.29) is 27.2 Å². The van der Waals surface area contributed by atoms with Gasteiger partial charge in [0.05, 0.1) is 22.0 Å². The number of aromatic nitrogens is 2. The molecule has 0 aliphatic heterocycles. The Balaban J connectivity index is 2.41. The van der Waals surface area contributed by atoms with E-state index in [1.807, 2.05) is 0 Å². The first kappa shape index (κ1) is 13.5. The van der Waals surface area contributed by atoms with Crippen molar-refractivity contribution in [1.29, 1.82) is 0 Å². The molecule has 21 heavy (non-hydrogen) atoms. The van der Waals surface area contributed by atoms with Gasteiger partial charge < -0.3 is 5.11 Å². The summed E-state index contributed by atoms with van der Waals surface area (Å²) in [6.07, 6.45) is 1.55. The van der Waals surface area contributed by atoms with Gasteiger partial charge in [0, 0.05) is 11.6 Å². The zero-order valence-corrected chi connectivity index (χ0v) is 11.3. The van der Waals surface area contributed by atoms with Crippen LogP contribution in [0.5, 0.6) is 0 Å². The van der Waals surface area contributed by atoms with Crippen molar-refractivity contribution in [3.63, 3.8) is 0 Å². The first-order valence-electron chi connectivity index (χ1n) is 6.01. The number of hydrogen-bond acceptors (Lipinski definition) is 3. The summed E-state index contributed by atoms with van der Waals surface area (Å²) in [5.41, 5.74) is 0.552. The van der Waals surface area contributed by atoms with Crippen LogP contribution in [0.3, 0.4) is 0 Å². The molecule has 0 amide bonds. The molecule has 104 valence electrons. The summed E-state index contributed by atoms with van der Waals surface area (Å²) in [5.74, 6) is -1.83. The minimum absolute atomic E-state index is 0.0805. The summed E-state index contributed by atoms with van der Waals surface area (Å²) in [6.45, 7) is 0. The Labute approximate surface area is 123 Å². The molecule has 0 spiro atoms. The Morgan fingerprint density at radius 3 is 2.67 bits per heavy atom. The third-order valence-electron chi connectivity index (χ3n) is 3.02. The predicted octanol–water partition coefficient (Wildman–Crippen LogP) is 3.79. The van der Waals surface area contributed by atoms with E-state index in [0.29, 0.717) is 5.69 Å². The normalized spacial score (nSPS) is 10.8. The minimum atomic E-state index is -1.20.